The van der Waals surface area contributed by atoms with Crippen molar-refractivity contribution in [2.24, 2.45) is 0 Å². The van der Waals surface area contributed by atoms with Gasteiger partial charge in [0, 0.05) is 18.9 Å². The first-order valence-corrected chi connectivity index (χ1v) is 11.6. The topological polar surface area (TPSA) is 114 Å². The van der Waals surface area contributed by atoms with Crippen LogP contribution in [0.15, 0.2) is 48.5 Å². The molecule has 2 amide bonds. The van der Waals surface area contributed by atoms with Gasteiger partial charge in [0.25, 0.3) is 0 Å². The molecule has 0 fully saturated rings. The Labute approximate surface area is 199 Å². The molecule has 1 atom stereocenters. The van der Waals surface area contributed by atoms with Crippen molar-refractivity contribution in [3.8, 4) is 11.1 Å². The van der Waals surface area contributed by atoms with Gasteiger partial charge >= 0.3 is 12.1 Å². The fourth-order valence-electron chi connectivity index (χ4n) is 4.23. The van der Waals surface area contributed by atoms with Crippen molar-refractivity contribution in [1.82, 2.24) is 10.6 Å². The van der Waals surface area contributed by atoms with Crippen molar-refractivity contribution in [1.29, 1.82) is 0 Å². The highest BCUT2D eigenvalue weighted by molar-refractivity contribution is 5.86. The van der Waals surface area contributed by atoms with Crippen molar-refractivity contribution in [2.45, 2.75) is 44.6 Å². The first-order chi connectivity index (χ1) is 16.4. The number of alkyl carbamates (subject to hydrolysis) is 1. The van der Waals surface area contributed by atoms with E-state index in [2.05, 4.69) is 34.9 Å². The van der Waals surface area contributed by atoms with E-state index in [1.54, 1.807) is 0 Å². The van der Waals surface area contributed by atoms with Gasteiger partial charge in [-0.2, -0.15) is 0 Å². The smallest absolute Gasteiger partial charge is 0.407 e. The maximum Gasteiger partial charge on any atom is 0.407 e. The zero-order valence-electron chi connectivity index (χ0n) is 19.6. The number of carbonyl (C=O) groups is 3. The van der Waals surface area contributed by atoms with Crippen LogP contribution in [-0.4, -0.2) is 55.0 Å². The highest BCUT2D eigenvalue weighted by atomic mass is 16.5. The number of hydrogen-bond donors (Lipinski definition) is 3. The molecule has 2 aromatic rings. The van der Waals surface area contributed by atoms with E-state index >= 15 is 0 Å². The number of amides is 2. The van der Waals surface area contributed by atoms with Crippen molar-refractivity contribution in [3.63, 3.8) is 0 Å². The number of benzene rings is 2. The largest absolute Gasteiger partial charge is 0.480 e. The van der Waals surface area contributed by atoms with Gasteiger partial charge in [0.15, 0.2) is 0 Å². The summed E-state index contributed by atoms with van der Waals surface area (Å²) in [6.45, 7) is 4.17. The lowest BCUT2D eigenvalue weighted by Crippen LogP contribution is -2.52. The summed E-state index contributed by atoms with van der Waals surface area (Å²) in [5.41, 5.74) is 3.36. The summed E-state index contributed by atoms with van der Waals surface area (Å²) < 4.78 is 10.8. The second kappa shape index (κ2) is 11.7. The number of fused-ring (bicyclic) bond motifs is 3. The van der Waals surface area contributed by atoms with Gasteiger partial charge in [0.1, 0.15) is 12.1 Å². The van der Waals surface area contributed by atoms with Crippen molar-refractivity contribution >= 4 is 18.0 Å². The van der Waals surface area contributed by atoms with Gasteiger partial charge in [-0.3, -0.25) is 4.79 Å². The van der Waals surface area contributed by atoms with Crippen molar-refractivity contribution in [2.75, 3.05) is 26.4 Å². The number of hydrogen-bond acceptors (Lipinski definition) is 5. The fourth-order valence-corrected chi connectivity index (χ4v) is 4.23. The summed E-state index contributed by atoms with van der Waals surface area (Å²) in [4.78, 5) is 35.5. The molecule has 34 heavy (non-hydrogen) atoms. The van der Waals surface area contributed by atoms with Crippen molar-refractivity contribution < 1.29 is 29.0 Å². The number of carboxylic acid groups (broad SMARTS) is 1. The predicted octanol–water partition coefficient (Wildman–Crippen LogP) is 3.69. The average Bonchev–Trinajstić information content (AvgIpc) is 3.13. The summed E-state index contributed by atoms with van der Waals surface area (Å²) in [6.07, 6.45) is 0.498. The van der Waals surface area contributed by atoms with Crippen LogP contribution in [0, 0.1) is 0 Å². The molecule has 0 saturated carbocycles. The quantitative estimate of drug-likeness (QED) is 0.410. The van der Waals surface area contributed by atoms with E-state index in [0.717, 1.165) is 11.1 Å². The molecule has 1 aliphatic carbocycles. The van der Waals surface area contributed by atoms with E-state index in [0.29, 0.717) is 12.8 Å². The second-order valence-corrected chi connectivity index (χ2v) is 8.55. The highest BCUT2D eigenvalue weighted by Gasteiger charge is 2.33. The van der Waals surface area contributed by atoms with Gasteiger partial charge in [-0.25, -0.2) is 9.59 Å². The summed E-state index contributed by atoms with van der Waals surface area (Å²) in [6, 6.07) is 16.3. The van der Waals surface area contributed by atoms with Crippen LogP contribution in [0.3, 0.4) is 0 Å². The molecule has 0 spiro atoms. The van der Waals surface area contributed by atoms with Gasteiger partial charge in [-0.1, -0.05) is 61.9 Å². The first-order valence-electron chi connectivity index (χ1n) is 11.6. The monoisotopic (exact) mass is 468 g/mol. The minimum atomic E-state index is -1.28. The maximum atomic E-state index is 12.1. The first kappa shape index (κ1) is 25.2. The van der Waals surface area contributed by atoms with E-state index in [4.69, 9.17) is 9.47 Å². The van der Waals surface area contributed by atoms with Gasteiger partial charge in [0.2, 0.25) is 5.91 Å². The molecular formula is C26H32N2O6. The molecule has 0 saturated heterocycles. The Morgan fingerprint density at radius 3 is 2.21 bits per heavy atom. The summed E-state index contributed by atoms with van der Waals surface area (Å²) >= 11 is 0. The van der Waals surface area contributed by atoms with Crippen LogP contribution >= 0.6 is 0 Å². The molecule has 1 aliphatic rings. The van der Waals surface area contributed by atoms with Gasteiger partial charge in [-0.15, -0.1) is 0 Å². The van der Waals surface area contributed by atoms with E-state index in [-0.39, 0.29) is 44.6 Å². The lowest BCUT2D eigenvalue weighted by molar-refractivity contribution is -0.147. The molecular weight excluding hydrogens is 436 g/mol. The molecule has 2 aromatic carbocycles. The number of nitrogens with one attached hydrogen (secondary N) is 2. The summed E-state index contributed by atoms with van der Waals surface area (Å²) in [7, 11) is 0. The zero-order chi connectivity index (χ0) is 24.6. The van der Waals surface area contributed by atoms with Crippen LogP contribution < -0.4 is 10.6 Å². The lowest BCUT2D eigenvalue weighted by Gasteiger charge is -2.25. The Hall–Kier alpha value is -3.39. The minimum absolute atomic E-state index is 0.00268. The molecule has 0 aliphatic heterocycles. The number of aliphatic carboxylic acids is 1. The third-order valence-electron chi connectivity index (χ3n) is 5.97. The molecule has 1 unspecified atom stereocenters. The Morgan fingerprint density at radius 2 is 1.62 bits per heavy atom. The van der Waals surface area contributed by atoms with E-state index < -0.39 is 17.6 Å². The normalized spacial score (nSPS) is 13.9. The molecule has 0 heterocycles. The maximum absolute atomic E-state index is 12.1. The van der Waals surface area contributed by atoms with Gasteiger partial charge in [0.05, 0.1) is 13.2 Å². The van der Waals surface area contributed by atoms with Crippen LogP contribution in [0.5, 0.6) is 0 Å². The van der Waals surface area contributed by atoms with E-state index in [1.807, 2.05) is 31.2 Å². The second-order valence-electron chi connectivity index (χ2n) is 8.55. The SMILES string of the molecule is CCCC(C)(NC(=O)CCOCCNC(=O)OCC1c2ccccc2-c2ccccc21)C(=O)O. The number of ether oxygens (including phenoxy) is 2. The van der Waals surface area contributed by atoms with Gasteiger partial charge < -0.3 is 25.2 Å². The molecule has 0 aromatic heterocycles. The molecule has 182 valence electrons. The number of carboxylic acids is 1. The van der Waals surface area contributed by atoms with Crippen LogP contribution in [0.25, 0.3) is 11.1 Å². The van der Waals surface area contributed by atoms with Crippen molar-refractivity contribution in [3.05, 3.63) is 59.7 Å². The highest BCUT2D eigenvalue weighted by Crippen LogP contribution is 2.44. The molecule has 0 bridgehead atoms. The molecule has 3 rings (SSSR count). The van der Waals surface area contributed by atoms with Crippen LogP contribution in [-0.2, 0) is 19.1 Å². The standard InChI is InChI=1S/C26H32N2O6/c1-3-13-26(2,24(30)31)28-23(29)12-15-33-16-14-27-25(32)34-17-22-20-10-6-4-8-18(20)19-9-5-7-11-21(19)22/h4-11,22H,3,12-17H2,1-2H3,(H,27,32)(H,28,29)(H,30,31). The predicted molar refractivity (Wildman–Crippen MR) is 128 cm³/mol. The lowest BCUT2D eigenvalue weighted by atomic mass is 9.96. The number of carbonyl (C=O) groups excluding carboxylic acids is 2. The minimum Gasteiger partial charge on any atom is -0.480 e. The Bertz CT molecular complexity index is 978. The zero-order valence-corrected chi connectivity index (χ0v) is 19.6. The summed E-state index contributed by atoms with van der Waals surface area (Å²) in [5, 5.41) is 14.5. The van der Waals surface area contributed by atoms with Crippen LogP contribution in [0.4, 0.5) is 4.79 Å². The Morgan fingerprint density at radius 1 is 1.00 bits per heavy atom. The number of rotatable bonds is 12. The fraction of sp³-hybridized carbons (Fsp3) is 0.423. The molecule has 0 radical (unpaired) electrons. The third-order valence-corrected chi connectivity index (χ3v) is 5.97. The third kappa shape index (κ3) is 6.14. The summed E-state index contributed by atoms with van der Waals surface area (Å²) in [5.74, 6) is -1.45. The Kier molecular flexibility index (Phi) is 8.65. The molecule has 8 nitrogen and oxygen atoms in total. The van der Waals surface area contributed by atoms with Gasteiger partial charge in [-0.05, 0) is 35.6 Å². The van der Waals surface area contributed by atoms with Crippen LogP contribution in [0.1, 0.15) is 50.2 Å². The average molecular weight is 469 g/mol. The van der Waals surface area contributed by atoms with Crippen LogP contribution in [0.2, 0.25) is 0 Å². The Balaban J connectivity index is 1.35. The van der Waals surface area contributed by atoms with E-state index in [9.17, 15) is 19.5 Å². The molecule has 3 N–H and O–H groups in total. The van der Waals surface area contributed by atoms with E-state index in [1.165, 1.54) is 18.1 Å². The molecule has 8 heteroatoms.